The monoisotopic (exact) mass is 470 g/mol. The molecule has 0 unspecified atom stereocenters. The molecule has 0 bridgehead atoms. The first-order valence-electron chi connectivity index (χ1n) is 8.18. The van der Waals surface area contributed by atoms with Gasteiger partial charge in [0.25, 0.3) is 11.8 Å². The molecular weight excluding hydrogens is 452 g/mol. The SMILES string of the molecule is CON=C(C(=O)NN(C(=O)C=NOC(C)(C)C(=O)O)c1csc(N)n1)c1csc(N)n1. The number of hydrogen-bond donors (Lipinski definition) is 4. The number of carboxylic acid groups (broad SMARTS) is 1. The third kappa shape index (κ3) is 6.09. The van der Waals surface area contributed by atoms with Crippen molar-refractivity contribution in [1.29, 1.82) is 0 Å². The van der Waals surface area contributed by atoms with E-state index in [4.69, 9.17) is 21.4 Å². The molecule has 0 atom stereocenters. The van der Waals surface area contributed by atoms with Crippen LogP contribution >= 0.6 is 22.7 Å². The van der Waals surface area contributed by atoms with E-state index < -0.39 is 23.4 Å². The summed E-state index contributed by atoms with van der Waals surface area (Å²) in [7, 11) is 1.22. The molecule has 0 aromatic carbocycles. The fourth-order valence-electron chi connectivity index (χ4n) is 1.75. The van der Waals surface area contributed by atoms with Gasteiger partial charge in [-0.2, -0.15) is 5.01 Å². The molecule has 2 aromatic rings. The minimum absolute atomic E-state index is 0.0284. The van der Waals surface area contributed by atoms with Crippen molar-refractivity contribution in [3.63, 3.8) is 0 Å². The van der Waals surface area contributed by atoms with Gasteiger partial charge in [-0.3, -0.25) is 15.0 Å². The second-order valence-corrected chi connectivity index (χ2v) is 7.77. The maximum atomic E-state index is 12.8. The van der Waals surface area contributed by atoms with Crippen LogP contribution < -0.4 is 21.9 Å². The van der Waals surface area contributed by atoms with Crippen molar-refractivity contribution in [2.75, 3.05) is 23.6 Å². The summed E-state index contributed by atoms with van der Waals surface area (Å²) in [6.07, 6.45) is 0.661. The Kier molecular flexibility index (Phi) is 7.43. The molecule has 0 spiro atoms. The van der Waals surface area contributed by atoms with Gasteiger partial charge in [0.15, 0.2) is 21.8 Å². The number of oxime groups is 2. The Morgan fingerprint density at radius 3 is 2.39 bits per heavy atom. The number of carboxylic acids is 1. The summed E-state index contributed by atoms with van der Waals surface area (Å²) in [5.41, 5.74) is 11.7. The minimum atomic E-state index is -1.68. The van der Waals surface area contributed by atoms with E-state index in [1.54, 1.807) is 0 Å². The maximum Gasteiger partial charge on any atom is 0.350 e. The Morgan fingerprint density at radius 2 is 1.87 bits per heavy atom. The lowest BCUT2D eigenvalue weighted by atomic mass is 10.1. The van der Waals surface area contributed by atoms with Gasteiger partial charge in [0.05, 0.1) is 0 Å². The summed E-state index contributed by atoms with van der Waals surface area (Å²) in [4.78, 5) is 53.8. The van der Waals surface area contributed by atoms with Crippen LogP contribution in [-0.2, 0) is 24.1 Å². The van der Waals surface area contributed by atoms with E-state index in [1.165, 1.54) is 31.7 Å². The largest absolute Gasteiger partial charge is 0.478 e. The predicted molar refractivity (Wildman–Crippen MR) is 114 cm³/mol. The Morgan fingerprint density at radius 1 is 1.23 bits per heavy atom. The van der Waals surface area contributed by atoms with Crippen LogP contribution in [0.3, 0.4) is 0 Å². The highest BCUT2D eigenvalue weighted by Gasteiger charge is 2.30. The van der Waals surface area contributed by atoms with E-state index in [-0.39, 0.29) is 27.5 Å². The Labute approximate surface area is 183 Å². The van der Waals surface area contributed by atoms with Crippen LogP contribution in [0.25, 0.3) is 0 Å². The van der Waals surface area contributed by atoms with Crippen LogP contribution in [0, 0.1) is 0 Å². The van der Waals surface area contributed by atoms with Crippen molar-refractivity contribution in [3.05, 3.63) is 16.5 Å². The molecule has 6 N–H and O–H groups in total. The van der Waals surface area contributed by atoms with E-state index in [2.05, 4.69) is 30.5 Å². The van der Waals surface area contributed by atoms with Gasteiger partial charge in [-0.05, 0) is 13.8 Å². The van der Waals surface area contributed by atoms with Gasteiger partial charge < -0.3 is 26.2 Å². The maximum absolute atomic E-state index is 12.8. The summed E-state index contributed by atoms with van der Waals surface area (Å²) in [5.74, 6) is -3.13. The van der Waals surface area contributed by atoms with Crippen LogP contribution in [0.1, 0.15) is 19.5 Å². The molecule has 0 aliphatic heterocycles. The second kappa shape index (κ2) is 9.81. The zero-order valence-electron chi connectivity index (χ0n) is 16.4. The van der Waals surface area contributed by atoms with Crippen molar-refractivity contribution in [3.8, 4) is 0 Å². The van der Waals surface area contributed by atoms with Crippen molar-refractivity contribution in [1.82, 2.24) is 15.4 Å². The number of nitrogens with one attached hydrogen (secondary N) is 1. The quantitative estimate of drug-likeness (QED) is 0.301. The molecule has 0 aliphatic carbocycles. The average molecular weight is 470 g/mol. The first-order chi connectivity index (χ1) is 14.5. The van der Waals surface area contributed by atoms with Crippen LogP contribution in [0.4, 0.5) is 16.1 Å². The second-order valence-electron chi connectivity index (χ2n) is 5.99. The molecule has 2 rings (SSSR count). The molecule has 0 saturated carbocycles. The number of amides is 2. The number of nitrogens with zero attached hydrogens (tertiary/aromatic N) is 5. The molecule has 0 fully saturated rings. The number of aliphatic carboxylic acids is 1. The zero-order valence-corrected chi connectivity index (χ0v) is 18.1. The summed E-state index contributed by atoms with van der Waals surface area (Å²) in [6.45, 7) is 2.48. The lowest BCUT2D eigenvalue weighted by Crippen LogP contribution is -2.50. The number of hydrazine groups is 1. The summed E-state index contributed by atoms with van der Waals surface area (Å²) in [5, 5.41) is 19.9. The molecule has 16 heteroatoms. The number of carbonyl (C=O) groups is 3. The van der Waals surface area contributed by atoms with E-state index in [1.807, 2.05) is 0 Å². The number of thiazole rings is 2. The molecule has 2 aromatic heterocycles. The van der Waals surface area contributed by atoms with Crippen molar-refractivity contribution in [2.24, 2.45) is 10.3 Å². The number of carbonyl (C=O) groups excluding carboxylic acids is 2. The third-order valence-electron chi connectivity index (χ3n) is 3.29. The average Bonchev–Trinajstić information content (AvgIpc) is 3.31. The first kappa shape index (κ1) is 23.5. The van der Waals surface area contributed by atoms with Gasteiger partial charge in [-0.15, -0.1) is 22.7 Å². The molecule has 166 valence electrons. The number of nitrogen functional groups attached to an aromatic ring is 2. The molecule has 2 amide bonds. The molecule has 0 radical (unpaired) electrons. The van der Waals surface area contributed by atoms with Crippen LogP contribution in [-0.4, -0.2) is 57.5 Å². The number of anilines is 3. The zero-order chi connectivity index (χ0) is 23.2. The highest BCUT2D eigenvalue weighted by molar-refractivity contribution is 7.14. The van der Waals surface area contributed by atoms with Crippen molar-refractivity contribution >= 4 is 68.5 Å². The van der Waals surface area contributed by atoms with Crippen LogP contribution in [0.2, 0.25) is 0 Å². The highest BCUT2D eigenvalue weighted by atomic mass is 32.1. The summed E-state index contributed by atoms with van der Waals surface area (Å²) in [6, 6.07) is 0. The van der Waals surface area contributed by atoms with Crippen molar-refractivity contribution < 1.29 is 29.2 Å². The Bertz CT molecular complexity index is 1030. The molecule has 2 heterocycles. The van der Waals surface area contributed by atoms with Gasteiger partial charge in [-0.1, -0.05) is 10.3 Å². The molecular formula is C15H18N8O6S2. The lowest BCUT2D eigenvalue weighted by Gasteiger charge is -2.20. The highest BCUT2D eigenvalue weighted by Crippen LogP contribution is 2.19. The van der Waals surface area contributed by atoms with Gasteiger partial charge in [0.2, 0.25) is 5.60 Å². The Balaban J connectivity index is 2.27. The Hall–Kier alpha value is -3.79. The standard InChI is InChI=1S/C15H18N8O6S2/c1-15(2,12(26)27)29-18-4-9(24)23(8-6-31-14(17)20-8)21-11(25)10(22-28-3)7-5-30-13(16)19-7/h4-6H,1-3H3,(H2,16,19)(H2,17,20)(H,21,25)(H,26,27). The van der Waals surface area contributed by atoms with Crippen molar-refractivity contribution in [2.45, 2.75) is 19.4 Å². The summed E-state index contributed by atoms with van der Waals surface area (Å²) >= 11 is 2.09. The van der Waals surface area contributed by atoms with E-state index in [0.717, 1.165) is 27.7 Å². The fraction of sp³-hybridized carbons (Fsp3) is 0.267. The fourth-order valence-corrected chi connectivity index (χ4v) is 2.83. The normalized spacial score (nSPS) is 11.9. The van der Waals surface area contributed by atoms with Gasteiger partial charge >= 0.3 is 5.97 Å². The topological polar surface area (TPSA) is 208 Å². The third-order valence-corrected chi connectivity index (χ3v) is 4.63. The predicted octanol–water partition coefficient (Wildman–Crippen LogP) is 0.0445. The van der Waals surface area contributed by atoms with E-state index in [9.17, 15) is 14.4 Å². The van der Waals surface area contributed by atoms with E-state index >= 15 is 0 Å². The van der Waals surface area contributed by atoms with Gasteiger partial charge in [0, 0.05) is 10.8 Å². The molecule has 31 heavy (non-hydrogen) atoms. The molecule has 14 nitrogen and oxygen atoms in total. The van der Waals surface area contributed by atoms with Crippen LogP contribution in [0.5, 0.6) is 0 Å². The number of nitrogens with two attached hydrogens (primary N) is 2. The number of rotatable bonds is 8. The van der Waals surface area contributed by atoms with E-state index in [0.29, 0.717) is 6.21 Å². The lowest BCUT2D eigenvalue weighted by molar-refractivity contribution is -0.161. The first-order valence-corrected chi connectivity index (χ1v) is 9.94. The molecule has 0 saturated heterocycles. The minimum Gasteiger partial charge on any atom is -0.478 e. The molecule has 0 aliphatic rings. The smallest absolute Gasteiger partial charge is 0.350 e. The van der Waals surface area contributed by atoms with Gasteiger partial charge in [0.1, 0.15) is 19.0 Å². The number of aromatic nitrogens is 2. The number of hydrogen-bond acceptors (Lipinski definition) is 13. The summed E-state index contributed by atoms with van der Waals surface area (Å²) < 4.78 is 0. The van der Waals surface area contributed by atoms with Crippen LogP contribution in [0.15, 0.2) is 21.1 Å². The van der Waals surface area contributed by atoms with Gasteiger partial charge in [-0.25, -0.2) is 14.8 Å².